The van der Waals surface area contributed by atoms with Gasteiger partial charge in [-0.15, -0.1) is 11.3 Å². The number of anilines is 1. The van der Waals surface area contributed by atoms with Crippen LogP contribution in [0.3, 0.4) is 0 Å². The molecule has 0 amide bonds. The fourth-order valence-corrected chi connectivity index (χ4v) is 2.69. The van der Waals surface area contributed by atoms with Crippen molar-refractivity contribution in [1.29, 1.82) is 0 Å². The molecule has 0 bridgehead atoms. The molecule has 0 spiro atoms. The van der Waals surface area contributed by atoms with Gasteiger partial charge in [-0.2, -0.15) is 0 Å². The van der Waals surface area contributed by atoms with E-state index in [9.17, 15) is 0 Å². The number of thiazole rings is 1. The lowest BCUT2D eigenvalue weighted by atomic mass is 10.2. The predicted octanol–water partition coefficient (Wildman–Crippen LogP) is 4.08. The molecule has 0 aliphatic carbocycles. The van der Waals surface area contributed by atoms with Gasteiger partial charge in [0.1, 0.15) is 11.5 Å². The third-order valence-electron chi connectivity index (χ3n) is 2.45. The number of hydrogen-bond acceptors (Lipinski definition) is 5. The van der Waals surface area contributed by atoms with E-state index >= 15 is 0 Å². The Hall–Kier alpha value is -1.17. The lowest BCUT2D eigenvalue weighted by Crippen LogP contribution is -2.01. The number of nitrogens with zero attached hydrogens (tertiary/aromatic N) is 1. The number of ether oxygens (including phenoxy) is 2. The van der Waals surface area contributed by atoms with Gasteiger partial charge in [0.25, 0.3) is 0 Å². The van der Waals surface area contributed by atoms with E-state index in [2.05, 4.69) is 10.3 Å². The summed E-state index contributed by atoms with van der Waals surface area (Å²) in [4.78, 5) is 5.01. The van der Waals surface area contributed by atoms with Crippen LogP contribution in [0.5, 0.6) is 11.5 Å². The van der Waals surface area contributed by atoms with Crippen molar-refractivity contribution in [1.82, 2.24) is 4.98 Å². The fraction of sp³-hybridized carbons (Fsp3) is 0.250. The van der Waals surface area contributed by atoms with Crippen LogP contribution < -0.4 is 14.8 Å². The zero-order valence-electron chi connectivity index (χ0n) is 10.4. The molecule has 1 aromatic heterocycles. The van der Waals surface area contributed by atoms with Crippen LogP contribution in [0.2, 0.25) is 9.49 Å². The summed E-state index contributed by atoms with van der Waals surface area (Å²) in [5, 5.41) is 3.75. The third kappa shape index (κ3) is 3.43. The summed E-state index contributed by atoms with van der Waals surface area (Å²) in [6.07, 6.45) is 1.74. The number of rotatable bonds is 5. The molecule has 1 heterocycles. The number of halogens is 2. The average molecular weight is 319 g/mol. The molecule has 0 saturated carbocycles. The largest absolute Gasteiger partial charge is 0.495 e. The normalized spacial score (nSPS) is 10.3. The molecule has 1 N–H and O–H groups in total. The standard InChI is InChI=1S/C12H12Cl2N2O2S/c1-17-10-4-9(11(18-2)3-8(10)13)15-5-7-6-16-12(14)19-7/h3-4,6,15H,5H2,1-2H3. The zero-order valence-corrected chi connectivity index (χ0v) is 12.7. The highest BCUT2D eigenvalue weighted by Gasteiger charge is 2.10. The van der Waals surface area contributed by atoms with Crippen molar-refractivity contribution in [3.05, 3.63) is 32.7 Å². The first-order valence-corrected chi connectivity index (χ1v) is 6.97. The van der Waals surface area contributed by atoms with E-state index in [1.165, 1.54) is 11.3 Å². The summed E-state index contributed by atoms with van der Waals surface area (Å²) in [6.45, 7) is 0.603. The van der Waals surface area contributed by atoms with Crippen molar-refractivity contribution >= 4 is 40.2 Å². The van der Waals surface area contributed by atoms with E-state index in [4.69, 9.17) is 32.7 Å². The highest BCUT2D eigenvalue weighted by molar-refractivity contribution is 7.15. The molecule has 19 heavy (non-hydrogen) atoms. The second-order valence-electron chi connectivity index (χ2n) is 3.62. The molecule has 1 aromatic carbocycles. The van der Waals surface area contributed by atoms with Crippen molar-refractivity contribution in [2.24, 2.45) is 0 Å². The lowest BCUT2D eigenvalue weighted by molar-refractivity contribution is 0.404. The Morgan fingerprint density at radius 1 is 1.21 bits per heavy atom. The van der Waals surface area contributed by atoms with E-state index in [0.717, 1.165) is 10.6 Å². The minimum Gasteiger partial charge on any atom is -0.495 e. The van der Waals surface area contributed by atoms with Crippen molar-refractivity contribution in [2.75, 3.05) is 19.5 Å². The molecule has 0 unspecified atom stereocenters. The number of methoxy groups -OCH3 is 2. The van der Waals surface area contributed by atoms with Gasteiger partial charge in [0.05, 0.1) is 31.5 Å². The topological polar surface area (TPSA) is 43.4 Å². The van der Waals surface area contributed by atoms with Gasteiger partial charge in [-0.25, -0.2) is 4.98 Å². The maximum absolute atomic E-state index is 6.04. The molecular weight excluding hydrogens is 307 g/mol. The molecule has 0 aliphatic heterocycles. The Bertz CT molecular complexity index is 575. The second-order valence-corrected chi connectivity index (χ2v) is 5.72. The van der Waals surface area contributed by atoms with Gasteiger partial charge in [-0.1, -0.05) is 23.2 Å². The number of benzene rings is 1. The summed E-state index contributed by atoms with van der Waals surface area (Å²) in [6, 6.07) is 3.51. The minimum absolute atomic E-state index is 0.505. The number of aromatic nitrogens is 1. The van der Waals surface area contributed by atoms with Crippen molar-refractivity contribution < 1.29 is 9.47 Å². The summed E-state index contributed by atoms with van der Waals surface area (Å²) < 4.78 is 11.0. The van der Waals surface area contributed by atoms with Gasteiger partial charge < -0.3 is 14.8 Å². The molecule has 4 nitrogen and oxygen atoms in total. The van der Waals surface area contributed by atoms with E-state index in [0.29, 0.717) is 27.5 Å². The van der Waals surface area contributed by atoms with Gasteiger partial charge >= 0.3 is 0 Å². The summed E-state index contributed by atoms with van der Waals surface area (Å²) in [5.74, 6) is 1.24. The van der Waals surface area contributed by atoms with Crippen LogP contribution in [0.1, 0.15) is 4.88 Å². The highest BCUT2D eigenvalue weighted by atomic mass is 35.5. The molecular formula is C12H12Cl2N2O2S. The van der Waals surface area contributed by atoms with Crippen molar-refractivity contribution in [3.63, 3.8) is 0 Å². The second kappa shape index (κ2) is 6.32. The van der Waals surface area contributed by atoms with Crippen molar-refractivity contribution in [2.45, 2.75) is 6.54 Å². The van der Waals surface area contributed by atoms with Gasteiger partial charge in [0.15, 0.2) is 4.47 Å². The van der Waals surface area contributed by atoms with E-state index in [1.807, 2.05) is 0 Å². The Morgan fingerprint density at radius 3 is 2.53 bits per heavy atom. The molecule has 0 fully saturated rings. The van der Waals surface area contributed by atoms with Crippen LogP contribution in [0.4, 0.5) is 5.69 Å². The van der Waals surface area contributed by atoms with Gasteiger partial charge in [0.2, 0.25) is 0 Å². The van der Waals surface area contributed by atoms with Gasteiger partial charge in [0, 0.05) is 23.2 Å². The third-order valence-corrected chi connectivity index (χ3v) is 3.86. The first-order chi connectivity index (χ1) is 9.13. The Labute approximate surface area is 125 Å². The molecule has 2 rings (SSSR count). The van der Waals surface area contributed by atoms with Crippen LogP contribution in [0, 0.1) is 0 Å². The predicted molar refractivity (Wildman–Crippen MR) is 79.0 cm³/mol. The Morgan fingerprint density at radius 2 is 1.95 bits per heavy atom. The van der Waals surface area contributed by atoms with Gasteiger partial charge in [-0.05, 0) is 0 Å². The zero-order chi connectivity index (χ0) is 13.8. The van der Waals surface area contributed by atoms with E-state index in [-0.39, 0.29) is 0 Å². The van der Waals surface area contributed by atoms with E-state index in [1.54, 1.807) is 32.5 Å². The SMILES string of the molecule is COc1cc(NCc2cnc(Cl)s2)c(OC)cc1Cl. The molecule has 102 valence electrons. The fourth-order valence-electron chi connectivity index (χ4n) is 1.55. The quantitative estimate of drug-likeness (QED) is 0.902. The molecule has 0 radical (unpaired) electrons. The van der Waals surface area contributed by atoms with Crippen LogP contribution in [0.25, 0.3) is 0 Å². The molecule has 0 saturated heterocycles. The number of hydrogen-bond donors (Lipinski definition) is 1. The Balaban J connectivity index is 2.18. The summed E-state index contributed by atoms with van der Waals surface area (Å²) in [7, 11) is 3.16. The molecule has 7 heteroatoms. The lowest BCUT2D eigenvalue weighted by Gasteiger charge is -2.13. The maximum Gasteiger partial charge on any atom is 0.183 e. The van der Waals surface area contributed by atoms with Crippen LogP contribution >= 0.6 is 34.5 Å². The maximum atomic E-state index is 6.04. The molecule has 2 aromatic rings. The summed E-state index contributed by atoms with van der Waals surface area (Å²) >= 11 is 13.3. The van der Waals surface area contributed by atoms with Crippen LogP contribution in [0.15, 0.2) is 18.3 Å². The Kier molecular flexibility index (Phi) is 4.74. The number of nitrogens with one attached hydrogen (secondary N) is 1. The monoisotopic (exact) mass is 318 g/mol. The van der Waals surface area contributed by atoms with E-state index < -0.39 is 0 Å². The van der Waals surface area contributed by atoms with Crippen LogP contribution in [-0.2, 0) is 6.54 Å². The smallest absolute Gasteiger partial charge is 0.183 e. The van der Waals surface area contributed by atoms with Gasteiger partial charge in [-0.3, -0.25) is 0 Å². The highest BCUT2D eigenvalue weighted by Crippen LogP contribution is 2.36. The first-order valence-electron chi connectivity index (χ1n) is 5.39. The average Bonchev–Trinajstić information content (AvgIpc) is 2.82. The molecule has 0 aliphatic rings. The minimum atomic E-state index is 0.505. The van der Waals surface area contributed by atoms with Crippen LogP contribution in [-0.4, -0.2) is 19.2 Å². The molecule has 0 atom stereocenters. The van der Waals surface area contributed by atoms with Crippen molar-refractivity contribution in [3.8, 4) is 11.5 Å². The first kappa shape index (κ1) is 14.2. The summed E-state index contributed by atoms with van der Waals surface area (Å²) in [5.41, 5.74) is 0.799.